The maximum atomic E-state index is 8.52. The number of hydrogen-bond acceptors (Lipinski definition) is 4. The van der Waals surface area contributed by atoms with Gasteiger partial charge in [0.15, 0.2) is 0 Å². The predicted octanol–water partition coefficient (Wildman–Crippen LogP) is 0.684. The monoisotopic (exact) mass is 197 g/mol. The maximum absolute atomic E-state index is 8.52. The van der Waals surface area contributed by atoms with E-state index < -0.39 is 0 Å². The molecule has 0 saturated carbocycles. The first kappa shape index (κ1) is 12.9. The second-order valence-electron chi connectivity index (χ2n) is 3.13. The SMILES string of the molecule is CN(C)CCCN.Oc1ccccn1. The average Bonchev–Trinajstić information content (AvgIpc) is 2.17. The number of nitrogens with zero attached hydrogens (tertiary/aromatic N) is 2. The zero-order valence-electron chi connectivity index (χ0n) is 8.85. The van der Waals surface area contributed by atoms with Crippen molar-refractivity contribution in [3.63, 3.8) is 0 Å². The predicted molar refractivity (Wildman–Crippen MR) is 58.1 cm³/mol. The second-order valence-corrected chi connectivity index (χ2v) is 3.13. The van der Waals surface area contributed by atoms with E-state index in [1.54, 1.807) is 12.1 Å². The van der Waals surface area contributed by atoms with Crippen LogP contribution in [0.4, 0.5) is 0 Å². The summed E-state index contributed by atoms with van der Waals surface area (Å²) < 4.78 is 0. The van der Waals surface area contributed by atoms with Crippen molar-refractivity contribution in [1.82, 2.24) is 9.88 Å². The molecule has 3 N–H and O–H groups in total. The van der Waals surface area contributed by atoms with E-state index >= 15 is 0 Å². The van der Waals surface area contributed by atoms with Gasteiger partial charge in [0.2, 0.25) is 5.88 Å². The van der Waals surface area contributed by atoms with E-state index in [-0.39, 0.29) is 5.88 Å². The molecule has 0 atom stereocenters. The number of aromatic nitrogens is 1. The van der Waals surface area contributed by atoms with E-state index in [0.717, 1.165) is 19.5 Å². The molecule has 1 rings (SSSR count). The van der Waals surface area contributed by atoms with Crippen molar-refractivity contribution in [2.45, 2.75) is 6.42 Å². The quantitative estimate of drug-likeness (QED) is 0.748. The maximum Gasteiger partial charge on any atom is 0.210 e. The number of hydrogen-bond donors (Lipinski definition) is 2. The first-order valence-corrected chi connectivity index (χ1v) is 4.61. The Morgan fingerprint density at radius 2 is 2.14 bits per heavy atom. The first-order chi connectivity index (χ1) is 6.66. The smallest absolute Gasteiger partial charge is 0.210 e. The normalized spacial score (nSPS) is 9.43. The molecule has 0 amide bonds. The summed E-state index contributed by atoms with van der Waals surface area (Å²) in [5.74, 6) is 0.0718. The van der Waals surface area contributed by atoms with Crippen LogP contribution in [-0.2, 0) is 0 Å². The molecule has 4 heteroatoms. The minimum atomic E-state index is 0.0718. The standard InChI is InChI=1S/C5H14N2.C5H5NO/c1-7(2)5-3-4-6;7-5-3-1-2-4-6-5/h3-6H2,1-2H3;1-4H,(H,6,7). The fraction of sp³-hybridized carbons (Fsp3) is 0.500. The van der Waals surface area contributed by atoms with Crippen LogP contribution in [0.1, 0.15) is 6.42 Å². The summed E-state index contributed by atoms with van der Waals surface area (Å²) in [5, 5.41) is 8.52. The lowest BCUT2D eigenvalue weighted by Crippen LogP contribution is -2.16. The lowest BCUT2D eigenvalue weighted by atomic mass is 10.4. The van der Waals surface area contributed by atoms with Gasteiger partial charge >= 0.3 is 0 Å². The molecule has 0 unspecified atom stereocenters. The molecular formula is C10H19N3O. The largest absolute Gasteiger partial charge is 0.493 e. The fourth-order valence-electron chi connectivity index (χ4n) is 0.761. The Hall–Kier alpha value is -1.13. The van der Waals surface area contributed by atoms with E-state index in [1.807, 2.05) is 0 Å². The second kappa shape index (κ2) is 8.47. The van der Waals surface area contributed by atoms with Crippen LogP contribution in [0.2, 0.25) is 0 Å². The van der Waals surface area contributed by atoms with Gasteiger partial charge in [-0.3, -0.25) is 0 Å². The van der Waals surface area contributed by atoms with E-state index in [1.165, 1.54) is 12.3 Å². The summed E-state index contributed by atoms with van der Waals surface area (Å²) in [4.78, 5) is 5.67. The van der Waals surface area contributed by atoms with Crippen LogP contribution in [0.3, 0.4) is 0 Å². The minimum Gasteiger partial charge on any atom is -0.493 e. The van der Waals surface area contributed by atoms with E-state index in [2.05, 4.69) is 24.0 Å². The summed E-state index contributed by atoms with van der Waals surface area (Å²) in [6, 6.07) is 5.00. The molecule has 1 aromatic rings. The van der Waals surface area contributed by atoms with Crippen molar-refractivity contribution >= 4 is 0 Å². The number of pyridine rings is 1. The number of nitrogens with two attached hydrogens (primary N) is 1. The van der Waals surface area contributed by atoms with E-state index in [9.17, 15) is 0 Å². The molecular weight excluding hydrogens is 178 g/mol. The van der Waals surface area contributed by atoms with Gasteiger partial charge in [0, 0.05) is 12.3 Å². The Labute approximate surface area is 85.4 Å². The fourth-order valence-corrected chi connectivity index (χ4v) is 0.761. The van der Waals surface area contributed by atoms with Crippen LogP contribution in [0.5, 0.6) is 5.88 Å². The average molecular weight is 197 g/mol. The molecule has 0 saturated heterocycles. The van der Waals surface area contributed by atoms with Crippen LogP contribution in [0.15, 0.2) is 24.4 Å². The lowest BCUT2D eigenvalue weighted by Gasteiger charge is -2.05. The van der Waals surface area contributed by atoms with Crippen molar-refractivity contribution in [1.29, 1.82) is 0 Å². The minimum absolute atomic E-state index is 0.0718. The Balaban J connectivity index is 0.000000241. The lowest BCUT2D eigenvalue weighted by molar-refractivity contribution is 0.403. The molecule has 14 heavy (non-hydrogen) atoms. The van der Waals surface area contributed by atoms with Crippen LogP contribution in [-0.4, -0.2) is 42.2 Å². The highest BCUT2D eigenvalue weighted by Crippen LogP contribution is 1.96. The van der Waals surface area contributed by atoms with Crippen LogP contribution < -0.4 is 5.73 Å². The number of rotatable bonds is 3. The van der Waals surface area contributed by atoms with Crippen molar-refractivity contribution < 1.29 is 5.11 Å². The van der Waals surface area contributed by atoms with Gasteiger partial charge in [-0.1, -0.05) is 6.07 Å². The Morgan fingerprint density at radius 3 is 2.36 bits per heavy atom. The van der Waals surface area contributed by atoms with Gasteiger partial charge in [0.1, 0.15) is 0 Å². The van der Waals surface area contributed by atoms with Crippen molar-refractivity contribution in [3.8, 4) is 5.88 Å². The molecule has 0 aliphatic carbocycles. The zero-order chi connectivity index (χ0) is 10.8. The summed E-state index contributed by atoms with van der Waals surface area (Å²) in [6.45, 7) is 1.91. The zero-order valence-corrected chi connectivity index (χ0v) is 8.85. The molecule has 4 nitrogen and oxygen atoms in total. The third-order valence-electron chi connectivity index (χ3n) is 1.46. The third kappa shape index (κ3) is 8.96. The number of aromatic hydroxyl groups is 1. The Morgan fingerprint density at radius 1 is 1.43 bits per heavy atom. The molecule has 1 heterocycles. The highest BCUT2D eigenvalue weighted by molar-refractivity contribution is 5.06. The van der Waals surface area contributed by atoms with Gasteiger partial charge in [-0.15, -0.1) is 0 Å². The Kier molecular flexibility index (Phi) is 7.78. The van der Waals surface area contributed by atoms with Gasteiger partial charge in [-0.2, -0.15) is 0 Å². The van der Waals surface area contributed by atoms with Gasteiger partial charge in [-0.25, -0.2) is 4.98 Å². The Bertz CT molecular complexity index is 214. The van der Waals surface area contributed by atoms with Crippen molar-refractivity contribution in [3.05, 3.63) is 24.4 Å². The summed E-state index contributed by atoms with van der Waals surface area (Å²) in [6.07, 6.45) is 2.64. The van der Waals surface area contributed by atoms with Crippen LogP contribution in [0.25, 0.3) is 0 Å². The molecule has 0 fully saturated rings. The van der Waals surface area contributed by atoms with Gasteiger partial charge in [-0.05, 0) is 39.7 Å². The molecule has 0 radical (unpaired) electrons. The summed E-state index contributed by atoms with van der Waals surface area (Å²) in [5.41, 5.74) is 5.25. The molecule has 0 aliphatic heterocycles. The van der Waals surface area contributed by atoms with Crippen molar-refractivity contribution in [2.24, 2.45) is 5.73 Å². The molecule has 0 aromatic carbocycles. The highest BCUT2D eigenvalue weighted by Gasteiger charge is 1.83. The molecule has 80 valence electrons. The molecule has 0 spiro atoms. The molecule has 1 aromatic heterocycles. The van der Waals surface area contributed by atoms with Crippen LogP contribution >= 0.6 is 0 Å². The third-order valence-corrected chi connectivity index (χ3v) is 1.46. The van der Waals surface area contributed by atoms with Crippen LogP contribution in [0, 0.1) is 0 Å². The summed E-state index contributed by atoms with van der Waals surface area (Å²) in [7, 11) is 4.10. The van der Waals surface area contributed by atoms with Crippen molar-refractivity contribution in [2.75, 3.05) is 27.2 Å². The summed E-state index contributed by atoms with van der Waals surface area (Å²) >= 11 is 0. The molecule has 0 bridgehead atoms. The van der Waals surface area contributed by atoms with Gasteiger partial charge in [0.25, 0.3) is 0 Å². The topological polar surface area (TPSA) is 62.4 Å². The van der Waals surface area contributed by atoms with E-state index in [4.69, 9.17) is 10.8 Å². The highest BCUT2D eigenvalue weighted by atomic mass is 16.3. The molecule has 0 aliphatic rings. The first-order valence-electron chi connectivity index (χ1n) is 4.61. The van der Waals surface area contributed by atoms with Gasteiger partial charge < -0.3 is 15.7 Å². The van der Waals surface area contributed by atoms with E-state index in [0.29, 0.717) is 0 Å². The van der Waals surface area contributed by atoms with Gasteiger partial charge in [0.05, 0.1) is 0 Å².